The first-order valence-corrected chi connectivity index (χ1v) is 10.6. The number of thiol groups is 3. The van der Waals surface area contributed by atoms with Crippen molar-refractivity contribution in [2.75, 3.05) is 0 Å². The van der Waals surface area contributed by atoms with E-state index in [1.165, 1.54) is 0 Å². The predicted octanol–water partition coefficient (Wildman–Crippen LogP) is 3.73. The van der Waals surface area contributed by atoms with E-state index in [0.717, 1.165) is 10.6 Å². The first-order valence-electron chi connectivity index (χ1n) is 4.87. The molecule has 0 amide bonds. The van der Waals surface area contributed by atoms with E-state index in [4.69, 9.17) is 36.7 Å². The molecule has 0 aliphatic heterocycles. The number of hydrogen-bond acceptors (Lipinski definition) is 3. The van der Waals surface area contributed by atoms with E-state index in [2.05, 4.69) is 0 Å². The normalized spacial score (nSPS) is 14.1. The zero-order valence-electron chi connectivity index (χ0n) is 8.56. The van der Waals surface area contributed by atoms with Crippen molar-refractivity contribution in [2.45, 2.75) is 0 Å². The van der Waals surface area contributed by atoms with Gasteiger partial charge in [-0.05, 0) is 0 Å². The van der Waals surface area contributed by atoms with Gasteiger partial charge in [-0.2, -0.15) is 0 Å². The molecule has 0 saturated heterocycles. The molecule has 2 aromatic rings. The molecule has 0 aromatic heterocycles. The van der Waals surface area contributed by atoms with Gasteiger partial charge in [0.05, 0.1) is 0 Å². The Kier molecular flexibility index (Phi) is 3.33. The Bertz CT molecular complexity index is 430. The van der Waals surface area contributed by atoms with Crippen LogP contribution in [0.5, 0.6) is 0 Å². The van der Waals surface area contributed by atoms with E-state index in [0.29, 0.717) is 0 Å². The Labute approximate surface area is 112 Å². The van der Waals surface area contributed by atoms with Gasteiger partial charge in [-0.3, -0.25) is 0 Å². The maximum absolute atomic E-state index is 4.78. The molecule has 2 aromatic carbocycles. The second kappa shape index (κ2) is 4.30. The molecule has 0 N–H and O–H groups in total. The fourth-order valence-corrected chi connectivity index (χ4v) is 5.69. The molecule has 0 unspecified atom stereocenters. The van der Waals surface area contributed by atoms with Crippen LogP contribution in [0.3, 0.4) is 0 Å². The summed E-state index contributed by atoms with van der Waals surface area (Å²) in [5.74, 6) is 0. The Hall–Kier alpha value is -0.0800. The Balaban J connectivity index is 2.60. The van der Waals surface area contributed by atoms with Crippen LogP contribution in [-0.2, 0) is 0 Å². The van der Waals surface area contributed by atoms with E-state index >= 15 is 0 Å². The third-order valence-electron chi connectivity index (χ3n) is 2.46. The Morgan fingerprint density at radius 3 is 1.19 bits per heavy atom. The Morgan fingerprint density at radius 1 is 0.562 bits per heavy atom. The zero-order chi connectivity index (χ0) is 11.7. The topological polar surface area (TPSA) is 0 Å². The van der Waals surface area contributed by atoms with Gasteiger partial charge in [0.15, 0.2) is 0 Å². The van der Waals surface area contributed by atoms with Crippen LogP contribution in [0.4, 0.5) is 0 Å². The molecule has 0 aliphatic rings. The number of benzene rings is 2. The average molecular weight is 284 g/mol. The van der Waals surface area contributed by atoms with Crippen LogP contribution in [0.2, 0.25) is 0 Å². The second-order valence-corrected chi connectivity index (χ2v) is 16.7. The Morgan fingerprint density at radius 2 is 0.875 bits per heavy atom. The van der Waals surface area contributed by atoms with Crippen molar-refractivity contribution in [1.29, 1.82) is 0 Å². The minimum absolute atomic E-state index is 1.06. The summed E-state index contributed by atoms with van der Waals surface area (Å²) in [6, 6.07) is 20.0. The van der Waals surface area contributed by atoms with Gasteiger partial charge in [-0.15, -0.1) is 0 Å². The summed E-state index contributed by atoms with van der Waals surface area (Å²) in [7, 11) is 0. The maximum atomic E-state index is 4.78. The fourth-order valence-electron chi connectivity index (χ4n) is 1.55. The zero-order valence-corrected chi connectivity index (χ0v) is 12.1. The summed E-state index contributed by atoms with van der Waals surface area (Å²) in [6.07, 6.45) is 0. The molecule has 2 rings (SSSR count). The molecule has 0 nitrogen and oxygen atoms in total. The van der Waals surface area contributed by atoms with E-state index in [-0.39, 0.29) is 0 Å². The molecule has 16 heavy (non-hydrogen) atoms. The van der Waals surface area contributed by atoms with Crippen molar-refractivity contribution in [1.82, 2.24) is 0 Å². The SMILES string of the molecule is SP(S)(S)(c1ccccc1)c1ccccc1. The van der Waals surface area contributed by atoms with Gasteiger partial charge in [-0.1, -0.05) is 0 Å². The molecule has 0 radical (unpaired) electrons. The summed E-state index contributed by atoms with van der Waals surface area (Å²) >= 11 is 14.3. The standard InChI is InChI=1S/C12H13PS3/c14-13(15,16,11-7-3-1-4-8-11)12-9-5-2-6-10-12/h1-10,14-16H. The van der Waals surface area contributed by atoms with Crippen molar-refractivity contribution >= 4 is 51.6 Å². The van der Waals surface area contributed by atoms with Crippen molar-refractivity contribution in [3.8, 4) is 0 Å². The van der Waals surface area contributed by atoms with Gasteiger partial charge >= 0.3 is 112 Å². The van der Waals surface area contributed by atoms with Crippen molar-refractivity contribution in [3.63, 3.8) is 0 Å². The van der Waals surface area contributed by atoms with Crippen LogP contribution >= 0.6 is 41.0 Å². The molecule has 0 saturated carbocycles. The summed E-state index contributed by atoms with van der Waals surface area (Å²) in [6.45, 7) is 0. The predicted molar refractivity (Wildman–Crippen MR) is 86.0 cm³/mol. The number of hydrogen-bond donors (Lipinski definition) is 3. The van der Waals surface area contributed by atoms with E-state index in [9.17, 15) is 0 Å². The molecule has 84 valence electrons. The number of rotatable bonds is 2. The van der Waals surface area contributed by atoms with Crippen molar-refractivity contribution in [2.24, 2.45) is 0 Å². The van der Waals surface area contributed by atoms with E-state index in [1.54, 1.807) is 0 Å². The molecule has 0 fully saturated rings. The van der Waals surface area contributed by atoms with Crippen LogP contribution < -0.4 is 10.6 Å². The third-order valence-corrected chi connectivity index (χ3v) is 9.12. The van der Waals surface area contributed by atoms with Gasteiger partial charge in [0, 0.05) is 0 Å². The van der Waals surface area contributed by atoms with Crippen molar-refractivity contribution < 1.29 is 0 Å². The van der Waals surface area contributed by atoms with Gasteiger partial charge < -0.3 is 0 Å². The molecule has 0 aliphatic carbocycles. The molecule has 0 spiro atoms. The van der Waals surface area contributed by atoms with Crippen molar-refractivity contribution in [3.05, 3.63) is 60.7 Å². The van der Waals surface area contributed by atoms with Crippen LogP contribution in [0.1, 0.15) is 0 Å². The fraction of sp³-hybridized carbons (Fsp3) is 0. The summed E-state index contributed by atoms with van der Waals surface area (Å²) in [4.78, 5) is 0. The minimum atomic E-state index is -2.85. The molecule has 0 heterocycles. The molecular weight excluding hydrogens is 271 g/mol. The van der Waals surface area contributed by atoms with E-state index < -0.39 is 4.21 Å². The molecule has 0 bridgehead atoms. The summed E-state index contributed by atoms with van der Waals surface area (Å²) in [5, 5.41) is 2.13. The van der Waals surface area contributed by atoms with Crippen LogP contribution in [-0.4, -0.2) is 0 Å². The van der Waals surface area contributed by atoms with E-state index in [1.807, 2.05) is 60.7 Å². The van der Waals surface area contributed by atoms with Gasteiger partial charge in [0.1, 0.15) is 0 Å². The first kappa shape index (κ1) is 12.4. The molecule has 0 atom stereocenters. The molecule has 4 heteroatoms. The van der Waals surface area contributed by atoms with Crippen LogP contribution in [0.15, 0.2) is 60.7 Å². The quantitative estimate of drug-likeness (QED) is 0.543. The van der Waals surface area contributed by atoms with Gasteiger partial charge in [-0.25, -0.2) is 0 Å². The first-order chi connectivity index (χ1) is 7.49. The average Bonchev–Trinajstić information content (AvgIpc) is 2.31. The third kappa shape index (κ3) is 2.28. The second-order valence-electron chi connectivity index (χ2n) is 3.65. The van der Waals surface area contributed by atoms with Crippen LogP contribution in [0.25, 0.3) is 0 Å². The monoisotopic (exact) mass is 284 g/mol. The van der Waals surface area contributed by atoms with Gasteiger partial charge in [0.2, 0.25) is 0 Å². The molecular formula is C12H13PS3. The van der Waals surface area contributed by atoms with Gasteiger partial charge in [0.25, 0.3) is 0 Å². The summed E-state index contributed by atoms with van der Waals surface area (Å²) < 4.78 is -2.85. The summed E-state index contributed by atoms with van der Waals surface area (Å²) in [5.41, 5.74) is 0. The van der Waals surface area contributed by atoms with Crippen LogP contribution in [0, 0.1) is 0 Å².